The lowest BCUT2D eigenvalue weighted by atomic mass is 9.86. The predicted octanol–water partition coefficient (Wildman–Crippen LogP) is 2.02. The summed E-state index contributed by atoms with van der Waals surface area (Å²) in [5.41, 5.74) is 1.23. The Morgan fingerprint density at radius 1 is 1.27 bits per heavy atom. The fourth-order valence-corrected chi connectivity index (χ4v) is 4.26. The molecule has 0 unspecified atom stereocenters. The molecular weight excluding hydrogens is 328 g/mol. The Labute approximate surface area is 154 Å². The van der Waals surface area contributed by atoms with Gasteiger partial charge in [-0.2, -0.15) is 5.10 Å². The Morgan fingerprint density at radius 2 is 2.12 bits per heavy atom. The molecule has 0 spiro atoms. The number of aromatic nitrogens is 4. The SMILES string of the molecule is CCn1ccnc(NC[C@@H]2CCCN(C3CC3)[C@H]2c2ccnn2C)c1=O. The highest BCUT2D eigenvalue weighted by atomic mass is 16.1. The molecule has 0 amide bonds. The average molecular weight is 356 g/mol. The van der Waals surface area contributed by atoms with Gasteiger partial charge < -0.3 is 9.88 Å². The first-order valence-electron chi connectivity index (χ1n) is 9.72. The fraction of sp³-hybridized carbons (Fsp3) is 0.632. The van der Waals surface area contributed by atoms with Crippen molar-refractivity contribution in [1.29, 1.82) is 0 Å². The summed E-state index contributed by atoms with van der Waals surface area (Å²) in [5, 5.41) is 7.75. The van der Waals surface area contributed by atoms with E-state index in [0.29, 0.717) is 30.4 Å². The molecule has 3 heterocycles. The molecule has 1 N–H and O–H groups in total. The molecule has 2 aromatic rings. The highest BCUT2D eigenvalue weighted by Gasteiger charge is 2.41. The van der Waals surface area contributed by atoms with Gasteiger partial charge in [-0.1, -0.05) is 0 Å². The smallest absolute Gasteiger partial charge is 0.293 e. The van der Waals surface area contributed by atoms with E-state index in [2.05, 4.69) is 26.4 Å². The van der Waals surface area contributed by atoms with Crippen LogP contribution in [-0.2, 0) is 13.6 Å². The zero-order valence-corrected chi connectivity index (χ0v) is 15.6. The van der Waals surface area contributed by atoms with Gasteiger partial charge in [-0.25, -0.2) is 4.98 Å². The van der Waals surface area contributed by atoms with Crippen molar-refractivity contribution in [2.45, 2.75) is 51.2 Å². The Kier molecular flexibility index (Phi) is 4.80. The van der Waals surface area contributed by atoms with Crippen LogP contribution in [0.15, 0.2) is 29.5 Å². The summed E-state index contributed by atoms with van der Waals surface area (Å²) in [6.07, 6.45) is 10.3. The highest BCUT2D eigenvalue weighted by molar-refractivity contribution is 5.31. The van der Waals surface area contributed by atoms with Gasteiger partial charge in [0.2, 0.25) is 0 Å². The normalized spacial score (nSPS) is 23.9. The van der Waals surface area contributed by atoms with Crippen LogP contribution in [0.3, 0.4) is 0 Å². The van der Waals surface area contributed by atoms with Crippen molar-refractivity contribution in [2.24, 2.45) is 13.0 Å². The zero-order valence-electron chi connectivity index (χ0n) is 15.6. The number of hydrogen-bond donors (Lipinski definition) is 1. The second-order valence-corrected chi connectivity index (χ2v) is 7.44. The van der Waals surface area contributed by atoms with E-state index in [-0.39, 0.29) is 5.56 Å². The van der Waals surface area contributed by atoms with E-state index in [1.54, 1.807) is 17.0 Å². The molecule has 1 aliphatic heterocycles. The predicted molar refractivity (Wildman–Crippen MR) is 101 cm³/mol. The summed E-state index contributed by atoms with van der Waals surface area (Å²) in [6, 6.07) is 3.21. The first kappa shape index (κ1) is 17.3. The number of rotatable bonds is 6. The van der Waals surface area contributed by atoms with E-state index in [4.69, 9.17) is 0 Å². The van der Waals surface area contributed by atoms with Crippen LogP contribution >= 0.6 is 0 Å². The van der Waals surface area contributed by atoms with E-state index in [0.717, 1.165) is 19.5 Å². The van der Waals surface area contributed by atoms with E-state index >= 15 is 0 Å². The van der Waals surface area contributed by atoms with Crippen LogP contribution in [0.5, 0.6) is 0 Å². The molecule has 0 aromatic carbocycles. The van der Waals surface area contributed by atoms with Crippen LogP contribution in [-0.4, -0.2) is 43.4 Å². The van der Waals surface area contributed by atoms with Crippen LogP contribution in [0.2, 0.25) is 0 Å². The molecule has 2 atom stereocenters. The molecule has 4 rings (SSSR count). The number of nitrogens with zero attached hydrogens (tertiary/aromatic N) is 5. The van der Waals surface area contributed by atoms with Gasteiger partial charge in [-0.15, -0.1) is 0 Å². The minimum absolute atomic E-state index is 0.0399. The van der Waals surface area contributed by atoms with Gasteiger partial charge >= 0.3 is 0 Å². The zero-order chi connectivity index (χ0) is 18.1. The maximum atomic E-state index is 12.4. The third-order valence-corrected chi connectivity index (χ3v) is 5.76. The number of piperidine rings is 1. The number of hydrogen-bond acceptors (Lipinski definition) is 5. The van der Waals surface area contributed by atoms with Crippen LogP contribution in [0.1, 0.15) is 44.3 Å². The first-order chi connectivity index (χ1) is 12.7. The van der Waals surface area contributed by atoms with Gasteiger partial charge in [0.05, 0.1) is 11.7 Å². The summed E-state index contributed by atoms with van der Waals surface area (Å²) in [4.78, 5) is 19.4. The number of anilines is 1. The largest absolute Gasteiger partial charge is 0.365 e. The van der Waals surface area contributed by atoms with E-state index in [1.165, 1.54) is 25.0 Å². The topological polar surface area (TPSA) is 68.0 Å². The Hall–Kier alpha value is -2.15. The summed E-state index contributed by atoms with van der Waals surface area (Å²) in [5.74, 6) is 0.901. The van der Waals surface area contributed by atoms with Gasteiger partial charge in [-0.05, 0) is 51.1 Å². The molecular formula is C19H28N6O. The monoisotopic (exact) mass is 356 g/mol. The summed E-state index contributed by atoms with van der Waals surface area (Å²) in [6.45, 7) is 4.54. The lowest BCUT2D eigenvalue weighted by Gasteiger charge is -2.41. The minimum Gasteiger partial charge on any atom is -0.365 e. The van der Waals surface area contributed by atoms with E-state index in [1.807, 2.05) is 24.9 Å². The quantitative estimate of drug-likeness (QED) is 0.858. The van der Waals surface area contributed by atoms with Crippen LogP contribution < -0.4 is 10.9 Å². The van der Waals surface area contributed by atoms with Crippen LogP contribution in [0, 0.1) is 5.92 Å². The van der Waals surface area contributed by atoms with Gasteiger partial charge in [-0.3, -0.25) is 14.4 Å². The lowest BCUT2D eigenvalue weighted by molar-refractivity contribution is 0.0841. The standard InChI is InChI=1S/C19H28N6O/c1-3-24-12-10-20-18(19(24)26)21-13-14-5-4-11-25(15-6-7-15)17(14)16-8-9-22-23(16)2/h8-10,12,14-15,17H,3-7,11,13H2,1-2H3,(H,20,21)/t14-,17+/m0/s1. The third kappa shape index (κ3) is 3.28. The van der Waals surface area contributed by atoms with Gasteiger partial charge in [0.1, 0.15) is 0 Å². The van der Waals surface area contributed by atoms with Crippen molar-refractivity contribution in [3.8, 4) is 0 Å². The molecule has 1 saturated carbocycles. The molecule has 2 fully saturated rings. The Balaban J connectivity index is 1.56. The lowest BCUT2D eigenvalue weighted by Crippen LogP contribution is -2.43. The maximum Gasteiger partial charge on any atom is 0.293 e. The van der Waals surface area contributed by atoms with Crippen molar-refractivity contribution in [2.75, 3.05) is 18.4 Å². The first-order valence-corrected chi connectivity index (χ1v) is 9.72. The molecule has 7 heteroatoms. The average Bonchev–Trinajstić information content (AvgIpc) is 3.42. The highest BCUT2D eigenvalue weighted by Crippen LogP contribution is 2.42. The van der Waals surface area contributed by atoms with E-state index in [9.17, 15) is 4.79 Å². The molecule has 140 valence electrons. The fourth-order valence-electron chi connectivity index (χ4n) is 4.26. The van der Waals surface area contributed by atoms with Crippen molar-refractivity contribution >= 4 is 5.82 Å². The van der Waals surface area contributed by atoms with Crippen molar-refractivity contribution in [3.63, 3.8) is 0 Å². The molecule has 2 aliphatic rings. The molecule has 26 heavy (non-hydrogen) atoms. The van der Waals surface area contributed by atoms with Crippen molar-refractivity contribution < 1.29 is 0 Å². The molecule has 0 bridgehead atoms. The molecule has 1 aliphatic carbocycles. The summed E-state index contributed by atoms with van der Waals surface area (Å²) >= 11 is 0. The number of aryl methyl sites for hydroxylation is 2. The van der Waals surface area contributed by atoms with Crippen LogP contribution in [0.25, 0.3) is 0 Å². The van der Waals surface area contributed by atoms with Crippen molar-refractivity contribution in [3.05, 3.63) is 40.7 Å². The number of nitrogens with one attached hydrogen (secondary N) is 1. The third-order valence-electron chi connectivity index (χ3n) is 5.76. The maximum absolute atomic E-state index is 12.4. The molecule has 1 saturated heterocycles. The van der Waals surface area contributed by atoms with Crippen molar-refractivity contribution in [1.82, 2.24) is 24.2 Å². The Bertz CT molecular complexity index is 808. The molecule has 2 aromatic heterocycles. The number of likely N-dealkylation sites (tertiary alicyclic amines) is 1. The second kappa shape index (κ2) is 7.23. The van der Waals surface area contributed by atoms with Gasteiger partial charge in [0.15, 0.2) is 5.82 Å². The van der Waals surface area contributed by atoms with Crippen LogP contribution in [0.4, 0.5) is 5.82 Å². The molecule has 0 radical (unpaired) electrons. The van der Waals surface area contributed by atoms with Gasteiger partial charge in [0.25, 0.3) is 5.56 Å². The summed E-state index contributed by atoms with van der Waals surface area (Å²) < 4.78 is 3.69. The van der Waals surface area contributed by atoms with E-state index < -0.39 is 0 Å². The molecule has 7 nitrogen and oxygen atoms in total. The summed E-state index contributed by atoms with van der Waals surface area (Å²) in [7, 11) is 2.03. The Morgan fingerprint density at radius 3 is 2.81 bits per heavy atom. The van der Waals surface area contributed by atoms with Gasteiger partial charge in [0, 0.05) is 44.8 Å². The second-order valence-electron chi connectivity index (χ2n) is 7.44. The minimum atomic E-state index is -0.0399.